The lowest BCUT2D eigenvalue weighted by molar-refractivity contribution is -0.135. The molecule has 1 aromatic heterocycles. The standard InChI is InChI=1S/C16H25N3O3/c1-12-13(22-15(17-12)16(2,3)4)5-6-14(21)19-9-7-18(11-20)8-10-19/h11H,5-10H2,1-4H3. The summed E-state index contributed by atoms with van der Waals surface area (Å²) < 4.78 is 5.81. The Morgan fingerprint density at radius 3 is 2.41 bits per heavy atom. The third-order valence-electron chi connectivity index (χ3n) is 3.92. The lowest BCUT2D eigenvalue weighted by atomic mass is 9.97. The molecule has 0 spiro atoms. The Labute approximate surface area is 131 Å². The van der Waals surface area contributed by atoms with Gasteiger partial charge < -0.3 is 14.2 Å². The molecule has 1 aromatic rings. The van der Waals surface area contributed by atoms with Gasteiger partial charge in [0.1, 0.15) is 5.76 Å². The molecule has 0 atom stereocenters. The topological polar surface area (TPSA) is 66.7 Å². The molecule has 122 valence electrons. The summed E-state index contributed by atoms with van der Waals surface area (Å²) in [5.74, 6) is 1.62. The molecule has 2 heterocycles. The van der Waals surface area contributed by atoms with Gasteiger partial charge in [0.15, 0.2) is 5.89 Å². The van der Waals surface area contributed by atoms with E-state index in [9.17, 15) is 9.59 Å². The Balaban J connectivity index is 1.89. The van der Waals surface area contributed by atoms with Gasteiger partial charge in [-0.1, -0.05) is 20.8 Å². The van der Waals surface area contributed by atoms with Gasteiger partial charge in [-0.2, -0.15) is 0 Å². The molecule has 0 aliphatic carbocycles. The summed E-state index contributed by atoms with van der Waals surface area (Å²) >= 11 is 0. The highest BCUT2D eigenvalue weighted by Crippen LogP contribution is 2.24. The highest BCUT2D eigenvalue weighted by molar-refractivity contribution is 5.76. The number of hydrogen-bond acceptors (Lipinski definition) is 4. The van der Waals surface area contributed by atoms with E-state index in [1.165, 1.54) is 0 Å². The Hall–Kier alpha value is -1.85. The zero-order valence-corrected chi connectivity index (χ0v) is 13.9. The number of carbonyl (C=O) groups excluding carboxylic acids is 2. The largest absolute Gasteiger partial charge is 0.445 e. The minimum atomic E-state index is -0.127. The quantitative estimate of drug-likeness (QED) is 0.791. The summed E-state index contributed by atoms with van der Waals surface area (Å²) in [5.41, 5.74) is 0.738. The van der Waals surface area contributed by atoms with Crippen LogP contribution in [0.1, 0.15) is 44.5 Å². The van der Waals surface area contributed by atoms with Crippen LogP contribution in [0.4, 0.5) is 0 Å². The number of aryl methyl sites for hydroxylation is 2. The van der Waals surface area contributed by atoms with E-state index >= 15 is 0 Å². The van der Waals surface area contributed by atoms with Crippen molar-refractivity contribution in [2.75, 3.05) is 26.2 Å². The van der Waals surface area contributed by atoms with Crippen molar-refractivity contribution in [3.05, 3.63) is 17.3 Å². The molecule has 0 unspecified atom stereocenters. The number of oxazole rings is 1. The van der Waals surface area contributed by atoms with Crippen LogP contribution in [0.15, 0.2) is 4.42 Å². The fraction of sp³-hybridized carbons (Fsp3) is 0.688. The molecule has 0 radical (unpaired) electrons. The predicted molar refractivity (Wildman–Crippen MR) is 82.5 cm³/mol. The number of carbonyl (C=O) groups is 2. The zero-order valence-electron chi connectivity index (χ0n) is 13.9. The lowest BCUT2D eigenvalue weighted by Crippen LogP contribution is -2.48. The van der Waals surface area contributed by atoms with Crippen molar-refractivity contribution in [3.63, 3.8) is 0 Å². The fourth-order valence-electron chi connectivity index (χ4n) is 2.44. The molecule has 1 fully saturated rings. The second-order valence-corrected chi connectivity index (χ2v) is 6.80. The number of amides is 2. The third kappa shape index (κ3) is 3.87. The summed E-state index contributed by atoms with van der Waals surface area (Å²) in [5, 5.41) is 0. The lowest BCUT2D eigenvalue weighted by Gasteiger charge is -2.32. The number of piperazine rings is 1. The van der Waals surface area contributed by atoms with Crippen LogP contribution < -0.4 is 0 Å². The number of hydrogen-bond donors (Lipinski definition) is 0. The maximum absolute atomic E-state index is 12.2. The van der Waals surface area contributed by atoms with Crippen molar-refractivity contribution < 1.29 is 14.0 Å². The SMILES string of the molecule is Cc1nc(C(C)(C)C)oc1CCC(=O)N1CCN(C=O)CC1. The molecule has 2 amide bonds. The summed E-state index contributed by atoms with van der Waals surface area (Å²) in [4.78, 5) is 30.9. The highest BCUT2D eigenvalue weighted by atomic mass is 16.4. The van der Waals surface area contributed by atoms with E-state index in [1.807, 2.05) is 11.8 Å². The van der Waals surface area contributed by atoms with Gasteiger partial charge in [0, 0.05) is 44.4 Å². The first-order chi connectivity index (χ1) is 10.3. The van der Waals surface area contributed by atoms with Gasteiger partial charge in [-0.15, -0.1) is 0 Å². The molecule has 0 bridgehead atoms. The van der Waals surface area contributed by atoms with Crippen LogP contribution in [0.2, 0.25) is 0 Å². The van der Waals surface area contributed by atoms with Crippen LogP contribution in [0.5, 0.6) is 0 Å². The van der Waals surface area contributed by atoms with Gasteiger partial charge in [-0.3, -0.25) is 9.59 Å². The molecule has 6 nitrogen and oxygen atoms in total. The van der Waals surface area contributed by atoms with Crippen molar-refractivity contribution >= 4 is 12.3 Å². The normalized spacial score (nSPS) is 16.0. The number of nitrogens with zero attached hydrogens (tertiary/aromatic N) is 3. The van der Waals surface area contributed by atoms with Crippen LogP contribution in [-0.2, 0) is 21.4 Å². The van der Waals surface area contributed by atoms with Crippen LogP contribution in [0.25, 0.3) is 0 Å². The summed E-state index contributed by atoms with van der Waals surface area (Å²) in [6.45, 7) is 10.5. The highest BCUT2D eigenvalue weighted by Gasteiger charge is 2.24. The van der Waals surface area contributed by atoms with E-state index in [1.54, 1.807) is 4.90 Å². The molecule has 1 aliphatic heterocycles. The smallest absolute Gasteiger partial charge is 0.223 e. The molecular formula is C16H25N3O3. The maximum Gasteiger partial charge on any atom is 0.223 e. The average Bonchev–Trinajstić information content (AvgIpc) is 2.86. The second kappa shape index (κ2) is 6.50. The maximum atomic E-state index is 12.2. The van der Waals surface area contributed by atoms with Crippen molar-refractivity contribution in [2.24, 2.45) is 0 Å². The predicted octanol–water partition coefficient (Wildman–Crippen LogP) is 1.51. The van der Waals surface area contributed by atoms with Crippen LogP contribution >= 0.6 is 0 Å². The Kier molecular flexibility index (Phi) is 4.88. The summed E-state index contributed by atoms with van der Waals surface area (Å²) in [6, 6.07) is 0. The van der Waals surface area contributed by atoms with E-state index in [0.29, 0.717) is 44.9 Å². The van der Waals surface area contributed by atoms with Gasteiger partial charge in [-0.25, -0.2) is 4.98 Å². The Bertz CT molecular complexity index is 537. The minimum Gasteiger partial charge on any atom is -0.445 e. The third-order valence-corrected chi connectivity index (χ3v) is 3.92. The first kappa shape index (κ1) is 16.5. The number of rotatable bonds is 4. The molecule has 0 N–H and O–H groups in total. The summed E-state index contributed by atoms with van der Waals surface area (Å²) in [6.07, 6.45) is 1.83. The van der Waals surface area contributed by atoms with Gasteiger partial charge in [0.05, 0.1) is 5.69 Å². The Morgan fingerprint density at radius 2 is 1.91 bits per heavy atom. The second-order valence-electron chi connectivity index (χ2n) is 6.80. The summed E-state index contributed by atoms with van der Waals surface area (Å²) in [7, 11) is 0. The van der Waals surface area contributed by atoms with Gasteiger partial charge in [0.25, 0.3) is 0 Å². The van der Waals surface area contributed by atoms with Crippen molar-refractivity contribution in [1.82, 2.24) is 14.8 Å². The van der Waals surface area contributed by atoms with Crippen molar-refractivity contribution in [2.45, 2.75) is 46.0 Å². The first-order valence-corrected chi connectivity index (χ1v) is 7.75. The van der Waals surface area contributed by atoms with Crippen molar-refractivity contribution in [1.29, 1.82) is 0 Å². The zero-order chi connectivity index (χ0) is 16.3. The van der Waals surface area contributed by atoms with E-state index in [0.717, 1.165) is 17.9 Å². The van der Waals surface area contributed by atoms with E-state index in [2.05, 4.69) is 25.8 Å². The monoisotopic (exact) mass is 307 g/mol. The molecule has 6 heteroatoms. The van der Waals surface area contributed by atoms with Gasteiger partial charge >= 0.3 is 0 Å². The van der Waals surface area contributed by atoms with E-state index < -0.39 is 0 Å². The molecule has 0 aromatic carbocycles. The number of aromatic nitrogens is 1. The first-order valence-electron chi connectivity index (χ1n) is 7.75. The molecule has 1 aliphatic rings. The average molecular weight is 307 g/mol. The van der Waals surface area contributed by atoms with Crippen molar-refractivity contribution in [3.8, 4) is 0 Å². The van der Waals surface area contributed by atoms with Crippen LogP contribution in [0.3, 0.4) is 0 Å². The van der Waals surface area contributed by atoms with Crippen LogP contribution in [0, 0.1) is 6.92 Å². The van der Waals surface area contributed by atoms with E-state index in [4.69, 9.17) is 4.42 Å². The molecule has 1 saturated heterocycles. The molecule has 2 rings (SSSR count). The Morgan fingerprint density at radius 1 is 1.27 bits per heavy atom. The molecule has 0 saturated carbocycles. The van der Waals surface area contributed by atoms with Gasteiger partial charge in [-0.05, 0) is 6.92 Å². The van der Waals surface area contributed by atoms with E-state index in [-0.39, 0.29) is 11.3 Å². The van der Waals surface area contributed by atoms with Crippen LogP contribution in [-0.4, -0.2) is 53.3 Å². The molecular weight excluding hydrogens is 282 g/mol. The molecule has 22 heavy (non-hydrogen) atoms. The minimum absolute atomic E-state index is 0.110. The fourth-order valence-corrected chi connectivity index (χ4v) is 2.44. The van der Waals surface area contributed by atoms with Gasteiger partial charge in [0.2, 0.25) is 12.3 Å².